The Morgan fingerprint density at radius 2 is 1.59 bits per heavy atom. The van der Waals surface area contributed by atoms with E-state index in [-0.39, 0.29) is 28.5 Å². The van der Waals surface area contributed by atoms with Crippen LogP contribution in [0, 0.1) is 4.91 Å². The molecule has 1 saturated heterocycles. The molecule has 1 N–H and O–H groups in total. The standard InChI is InChI=1S/C25H25N5O4/c1-26-21-22(24(32)20-6-3-2-5-19(20)23(21)31)27-11-4-12-29-13-15-30(16-14-29)18-9-7-17(8-10-18)25(33)28-34/h2-3,5-10,27H,1,4,11-16H2. The number of fused-ring (bicyclic) bond motifs is 1. The fraction of sp³-hybridized carbons (Fsp3) is 0.280. The number of Topliss-reactive ketones (excluding diaryl/α,β-unsaturated/α-hetero) is 2. The number of anilines is 1. The van der Waals surface area contributed by atoms with E-state index in [1.807, 2.05) is 12.1 Å². The molecular formula is C25H25N5O4. The van der Waals surface area contributed by atoms with Gasteiger partial charge in [0.2, 0.25) is 11.6 Å². The van der Waals surface area contributed by atoms with Gasteiger partial charge in [0, 0.05) is 60.3 Å². The lowest BCUT2D eigenvalue weighted by Gasteiger charge is -2.36. The average Bonchev–Trinajstić information content (AvgIpc) is 2.89. The van der Waals surface area contributed by atoms with Crippen molar-refractivity contribution in [1.29, 1.82) is 0 Å². The van der Waals surface area contributed by atoms with Gasteiger partial charge in [0.05, 0.1) is 0 Å². The Morgan fingerprint density at radius 3 is 2.21 bits per heavy atom. The molecule has 2 aliphatic rings. The minimum atomic E-state index is -0.764. The Kier molecular flexibility index (Phi) is 7.03. The minimum Gasteiger partial charge on any atom is -0.380 e. The first-order valence-corrected chi connectivity index (χ1v) is 11.1. The van der Waals surface area contributed by atoms with Gasteiger partial charge in [-0.2, -0.15) is 0 Å². The Morgan fingerprint density at radius 1 is 0.941 bits per heavy atom. The normalized spacial score (nSPS) is 16.3. The van der Waals surface area contributed by atoms with Gasteiger partial charge in [-0.3, -0.25) is 24.3 Å². The van der Waals surface area contributed by atoms with Crippen molar-refractivity contribution >= 4 is 29.9 Å². The lowest BCUT2D eigenvalue weighted by atomic mass is 9.90. The van der Waals surface area contributed by atoms with E-state index >= 15 is 0 Å². The third-order valence-electron chi connectivity index (χ3n) is 6.14. The summed E-state index contributed by atoms with van der Waals surface area (Å²) in [4.78, 5) is 55.6. The summed E-state index contributed by atoms with van der Waals surface area (Å²) in [5, 5.41) is 5.56. The van der Waals surface area contributed by atoms with Crippen LogP contribution in [0.25, 0.3) is 0 Å². The van der Waals surface area contributed by atoms with Crippen molar-refractivity contribution < 1.29 is 14.4 Å². The summed E-state index contributed by atoms with van der Waals surface area (Å²) in [5.74, 6) is -1.29. The summed E-state index contributed by atoms with van der Waals surface area (Å²) in [5.41, 5.74) is 2.33. The number of ketones is 2. The van der Waals surface area contributed by atoms with Gasteiger partial charge in [0.1, 0.15) is 11.4 Å². The molecule has 2 aromatic rings. The minimum absolute atomic E-state index is 0.0777. The summed E-state index contributed by atoms with van der Waals surface area (Å²) >= 11 is 0. The highest BCUT2D eigenvalue weighted by molar-refractivity contribution is 6.26. The molecule has 1 fully saturated rings. The Bertz CT molecular complexity index is 1160. The zero-order valence-corrected chi connectivity index (χ0v) is 18.7. The van der Waals surface area contributed by atoms with E-state index in [1.165, 1.54) is 0 Å². The van der Waals surface area contributed by atoms with E-state index in [9.17, 15) is 19.3 Å². The Balaban J connectivity index is 1.26. The van der Waals surface area contributed by atoms with Gasteiger partial charge in [-0.1, -0.05) is 24.3 Å². The molecule has 0 unspecified atom stereocenters. The Labute approximate surface area is 197 Å². The zero-order valence-electron chi connectivity index (χ0n) is 18.7. The number of carbonyl (C=O) groups excluding carboxylic acids is 3. The zero-order chi connectivity index (χ0) is 24.1. The number of rotatable bonds is 8. The highest BCUT2D eigenvalue weighted by atomic mass is 16.3. The maximum absolute atomic E-state index is 12.9. The van der Waals surface area contributed by atoms with Crippen LogP contribution in [-0.2, 0) is 0 Å². The summed E-state index contributed by atoms with van der Waals surface area (Å²) < 4.78 is 0. The maximum Gasteiger partial charge on any atom is 0.316 e. The van der Waals surface area contributed by atoms with Crippen molar-refractivity contribution in [2.75, 3.05) is 44.2 Å². The largest absolute Gasteiger partial charge is 0.380 e. The highest BCUT2D eigenvalue weighted by Gasteiger charge is 2.31. The quantitative estimate of drug-likeness (QED) is 0.367. The van der Waals surface area contributed by atoms with Crippen molar-refractivity contribution in [1.82, 2.24) is 10.2 Å². The number of nitrogens with one attached hydrogen (secondary N) is 1. The molecule has 1 aliphatic carbocycles. The molecule has 0 saturated carbocycles. The molecular weight excluding hydrogens is 434 g/mol. The van der Waals surface area contributed by atoms with Crippen LogP contribution >= 0.6 is 0 Å². The summed E-state index contributed by atoms with van der Waals surface area (Å²) in [6.45, 7) is 8.30. The van der Waals surface area contributed by atoms with Gasteiger partial charge in [0.15, 0.2) is 0 Å². The smallest absolute Gasteiger partial charge is 0.316 e. The third kappa shape index (κ3) is 4.69. The maximum atomic E-state index is 12.9. The number of allylic oxidation sites excluding steroid dienone is 2. The van der Waals surface area contributed by atoms with Crippen LogP contribution in [-0.4, -0.2) is 68.4 Å². The molecule has 1 heterocycles. The molecule has 1 amide bonds. The predicted molar refractivity (Wildman–Crippen MR) is 130 cm³/mol. The lowest BCUT2D eigenvalue weighted by Crippen LogP contribution is -2.47. The number of hydrogen-bond donors (Lipinski definition) is 1. The SMILES string of the molecule is C=NC1=C(NCCCN2CCN(c3ccc(C(=O)N=O)cc3)CC2)C(=O)c2ccccc2C1=O. The number of hydrogen-bond acceptors (Lipinski definition) is 8. The second-order valence-electron chi connectivity index (χ2n) is 8.14. The number of nitrogens with zero attached hydrogens (tertiary/aromatic N) is 4. The summed E-state index contributed by atoms with van der Waals surface area (Å²) in [7, 11) is 0. The van der Waals surface area contributed by atoms with Crippen molar-refractivity contribution in [3.05, 3.63) is 81.5 Å². The molecule has 0 spiro atoms. The molecule has 1 aliphatic heterocycles. The molecule has 9 nitrogen and oxygen atoms in total. The number of carbonyl (C=O) groups is 3. The van der Waals surface area contributed by atoms with E-state index < -0.39 is 5.91 Å². The summed E-state index contributed by atoms with van der Waals surface area (Å²) in [6, 6.07) is 13.7. The van der Waals surface area contributed by atoms with Crippen LogP contribution in [0.2, 0.25) is 0 Å². The molecule has 2 aromatic carbocycles. The second-order valence-corrected chi connectivity index (χ2v) is 8.14. The van der Waals surface area contributed by atoms with E-state index in [4.69, 9.17) is 0 Å². The first-order valence-electron chi connectivity index (χ1n) is 11.1. The van der Waals surface area contributed by atoms with Gasteiger partial charge in [-0.05, 0) is 43.9 Å². The van der Waals surface area contributed by atoms with E-state index in [0.29, 0.717) is 17.7 Å². The van der Waals surface area contributed by atoms with Crippen LogP contribution in [0.15, 0.2) is 70.1 Å². The van der Waals surface area contributed by atoms with Gasteiger partial charge in [-0.25, -0.2) is 0 Å². The predicted octanol–water partition coefficient (Wildman–Crippen LogP) is 2.69. The first-order chi connectivity index (χ1) is 16.5. The molecule has 4 rings (SSSR count). The monoisotopic (exact) mass is 459 g/mol. The number of nitroso groups, excluding NO2 is 1. The second kappa shape index (κ2) is 10.3. The van der Waals surface area contributed by atoms with Crippen molar-refractivity contribution in [2.45, 2.75) is 6.42 Å². The Hall–Kier alpha value is -3.98. The molecule has 0 atom stereocenters. The van der Waals surface area contributed by atoms with Crippen LogP contribution in [0.5, 0.6) is 0 Å². The number of benzene rings is 2. The molecule has 0 bridgehead atoms. The van der Waals surface area contributed by atoms with Crippen molar-refractivity contribution in [2.24, 2.45) is 10.2 Å². The van der Waals surface area contributed by atoms with Gasteiger partial charge < -0.3 is 10.2 Å². The van der Waals surface area contributed by atoms with E-state index in [1.54, 1.807) is 36.4 Å². The van der Waals surface area contributed by atoms with Crippen LogP contribution in [0.4, 0.5) is 5.69 Å². The number of aliphatic imine (C=N–C) groups is 1. The first kappa shape index (κ1) is 23.2. The van der Waals surface area contributed by atoms with Gasteiger partial charge >= 0.3 is 5.91 Å². The fourth-order valence-corrected chi connectivity index (χ4v) is 4.29. The van der Waals surface area contributed by atoms with E-state index in [2.05, 4.69) is 32.0 Å². The molecule has 0 aromatic heterocycles. The van der Waals surface area contributed by atoms with Crippen molar-refractivity contribution in [3.8, 4) is 0 Å². The topological polar surface area (TPSA) is 112 Å². The van der Waals surface area contributed by atoms with Crippen LogP contribution in [0.3, 0.4) is 0 Å². The van der Waals surface area contributed by atoms with Crippen molar-refractivity contribution in [3.63, 3.8) is 0 Å². The number of piperazine rings is 1. The van der Waals surface area contributed by atoms with Crippen LogP contribution in [0.1, 0.15) is 37.5 Å². The molecule has 174 valence electrons. The number of amides is 1. The van der Waals surface area contributed by atoms with Gasteiger partial charge in [0.25, 0.3) is 0 Å². The highest BCUT2D eigenvalue weighted by Crippen LogP contribution is 2.25. The van der Waals surface area contributed by atoms with Crippen LogP contribution < -0.4 is 10.2 Å². The average molecular weight is 460 g/mol. The fourth-order valence-electron chi connectivity index (χ4n) is 4.29. The molecule has 34 heavy (non-hydrogen) atoms. The summed E-state index contributed by atoms with van der Waals surface area (Å²) in [6.07, 6.45) is 0.798. The molecule has 0 radical (unpaired) electrons. The third-order valence-corrected chi connectivity index (χ3v) is 6.14. The molecule has 9 heteroatoms. The van der Waals surface area contributed by atoms with Gasteiger partial charge in [-0.15, -0.1) is 4.91 Å². The lowest BCUT2D eigenvalue weighted by molar-refractivity contribution is 0.0967. The van der Waals surface area contributed by atoms with E-state index in [0.717, 1.165) is 44.8 Å².